The SMILES string of the molecule is CCN(CC1CC1)[C@@H]1Cc2ccc(O)cc2[C@@]2(C)CCN(CC(N)=O)C[C@@H]12. The number of likely N-dealkylation sites (N-methyl/N-ethyl adjacent to an activating group) is 1. The van der Waals surface area contributed by atoms with E-state index in [4.69, 9.17) is 5.73 Å². The maximum absolute atomic E-state index is 11.5. The van der Waals surface area contributed by atoms with Gasteiger partial charge in [0.1, 0.15) is 5.75 Å². The number of hydrogen-bond donors (Lipinski definition) is 2. The van der Waals surface area contributed by atoms with Gasteiger partial charge in [-0.1, -0.05) is 19.9 Å². The summed E-state index contributed by atoms with van der Waals surface area (Å²) >= 11 is 0. The smallest absolute Gasteiger partial charge is 0.231 e. The zero-order valence-corrected chi connectivity index (χ0v) is 16.7. The van der Waals surface area contributed by atoms with Crippen molar-refractivity contribution >= 4 is 5.91 Å². The highest BCUT2D eigenvalue weighted by atomic mass is 16.3. The zero-order valence-electron chi connectivity index (χ0n) is 16.7. The van der Waals surface area contributed by atoms with Crippen LogP contribution in [0.15, 0.2) is 18.2 Å². The Morgan fingerprint density at radius 2 is 2.19 bits per heavy atom. The molecule has 1 saturated carbocycles. The van der Waals surface area contributed by atoms with Crippen LogP contribution in [0.1, 0.15) is 44.2 Å². The largest absolute Gasteiger partial charge is 0.508 e. The maximum Gasteiger partial charge on any atom is 0.231 e. The Morgan fingerprint density at radius 3 is 2.85 bits per heavy atom. The lowest BCUT2D eigenvalue weighted by atomic mass is 9.58. The molecule has 1 saturated heterocycles. The Labute approximate surface area is 162 Å². The van der Waals surface area contributed by atoms with Gasteiger partial charge >= 0.3 is 0 Å². The summed E-state index contributed by atoms with van der Waals surface area (Å²) < 4.78 is 0. The fourth-order valence-electron chi connectivity index (χ4n) is 5.55. The molecule has 1 aliphatic heterocycles. The minimum Gasteiger partial charge on any atom is -0.508 e. The number of likely N-dealkylation sites (tertiary alicyclic amines) is 1. The van der Waals surface area contributed by atoms with Crippen molar-refractivity contribution in [2.45, 2.75) is 51.0 Å². The predicted molar refractivity (Wildman–Crippen MR) is 107 cm³/mol. The summed E-state index contributed by atoms with van der Waals surface area (Å²) in [7, 11) is 0. The average Bonchev–Trinajstić information content (AvgIpc) is 3.44. The molecule has 1 aromatic carbocycles. The van der Waals surface area contributed by atoms with Crippen LogP contribution in [0, 0.1) is 11.8 Å². The van der Waals surface area contributed by atoms with Crippen LogP contribution in [-0.2, 0) is 16.6 Å². The summed E-state index contributed by atoms with van der Waals surface area (Å²) in [6.07, 6.45) is 4.76. The van der Waals surface area contributed by atoms with Gasteiger partial charge in [-0.25, -0.2) is 0 Å². The number of piperidine rings is 1. The van der Waals surface area contributed by atoms with Crippen molar-refractivity contribution in [3.63, 3.8) is 0 Å². The molecule has 3 aliphatic rings. The van der Waals surface area contributed by atoms with Crippen molar-refractivity contribution in [1.29, 1.82) is 0 Å². The van der Waals surface area contributed by atoms with Gasteiger partial charge in [0.25, 0.3) is 0 Å². The fraction of sp³-hybridized carbons (Fsp3) is 0.682. The van der Waals surface area contributed by atoms with Gasteiger partial charge in [0.05, 0.1) is 6.54 Å². The van der Waals surface area contributed by atoms with Gasteiger partial charge in [0.15, 0.2) is 0 Å². The van der Waals surface area contributed by atoms with Crippen LogP contribution in [0.5, 0.6) is 5.75 Å². The minimum atomic E-state index is -0.241. The zero-order chi connectivity index (χ0) is 19.2. The Balaban J connectivity index is 1.69. The average molecular weight is 372 g/mol. The third kappa shape index (κ3) is 3.59. The van der Waals surface area contributed by atoms with Crippen LogP contribution in [-0.4, -0.2) is 59.6 Å². The number of hydrogen-bond acceptors (Lipinski definition) is 4. The molecule has 4 rings (SSSR count). The van der Waals surface area contributed by atoms with Gasteiger partial charge in [-0.05, 0) is 79.3 Å². The molecule has 27 heavy (non-hydrogen) atoms. The highest BCUT2D eigenvalue weighted by Gasteiger charge is 2.50. The summed E-state index contributed by atoms with van der Waals surface area (Å²) in [5, 5.41) is 10.1. The van der Waals surface area contributed by atoms with Crippen molar-refractivity contribution in [2.75, 3.05) is 32.7 Å². The molecule has 1 heterocycles. The second-order valence-corrected chi connectivity index (χ2v) is 9.12. The Bertz CT molecular complexity index is 718. The van der Waals surface area contributed by atoms with Crippen LogP contribution in [0.2, 0.25) is 0 Å². The molecule has 1 aromatic rings. The molecule has 5 nitrogen and oxygen atoms in total. The first kappa shape index (κ1) is 18.8. The Kier molecular flexibility index (Phi) is 4.93. The standard InChI is InChI=1S/C22H33N3O2/c1-3-25(12-15-4-5-15)20-10-16-6-7-17(26)11-18(16)22(2)8-9-24(13-19(20)22)14-21(23)27/h6-7,11,15,19-20,26H,3-5,8-10,12-14H2,1-2H3,(H2,23,27)/t19-,20+,22+/m0/s1. The third-order valence-corrected chi connectivity index (χ3v) is 7.27. The van der Waals surface area contributed by atoms with Gasteiger partial charge in [0, 0.05) is 19.1 Å². The van der Waals surface area contributed by atoms with Gasteiger partial charge in [-0.15, -0.1) is 0 Å². The molecular weight excluding hydrogens is 338 g/mol. The molecule has 3 atom stereocenters. The van der Waals surface area contributed by atoms with Crippen LogP contribution in [0.3, 0.4) is 0 Å². The molecule has 2 aliphatic carbocycles. The third-order valence-electron chi connectivity index (χ3n) is 7.27. The number of nitrogens with zero attached hydrogens (tertiary/aromatic N) is 2. The lowest BCUT2D eigenvalue weighted by Crippen LogP contribution is -2.61. The summed E-state index contributed by atoms with van der Waals surface area (Å²) in [5.41, 5.74) is 8.21. The van der Waals surface area contributed by atoms with Gasteiger partial charge in [-0.3, -0.25) is 14.6 Å². The molecule has 5 heteroatoms. The molecule has 1 amide bonds. The van der Waals surface area contributed by atoms with Crippen LogP contribution in [0.4, 0.5) is 0 Å². The van der Waals surface area contributed by atoms with Crippen LogP contribution in [0.25, 0.3) is 0 Å². The molecular formula is C22H33N3O2. The van der Waals surface area contributed by atoms with Gasteiger partial charge < -0.3 is 10.8 Å². The Hall–Kier alpha value is -1.59. The van der Waals surface area contributed by atoms with E-state index in [1.165, 1.54) is 30.5 Å². The monoisotopic (exact) mass is 371 g/mol. The van der Waals surface area contributed by atoms with Crippen molar-refractivity contribution in [2.24, 2.45) is 17.6 Å². The number of fused-ring (bicyclic) bond motifs is 3. The highest BCUT2D eigenvalue weighted by molar-refractivity contribution is 5.75. The van der Waals surface area contributed by atoms with E-state index >= 15 is 0 Å². The fourth-order valence-corrected chi connectivity index (χ4v) is 5.55. The van der Waals surface area contributed by atoms with E-state index in [1.807, 2.05) is 12.1 Å². The van der Waals surface area contributed by atoms with Gasteiger partial charge in [-0.2, -0.15) is 0 Å². The lowest BCUT2D eigenvalue weighted by Gasteiger charge is -2.55. The van der Waals surface area contributed by atoms with E-state index in [2.05, 4.69) is 29.7 Å². The molecule has 0 bridgehead atoms. The number of phenolic OH excluding ortho intramolecular Hbond substituents is 1. The molecule has 2 fully saturated rings. The van der Waals surface area contributed by atoms with E-state index in [0.717, 1.165) is 38.4 Å². The second kappa shape index (κ2) is 7.10. The van der Waals surface area contributed by atoms with E-state index in [1.54, 1.807) is 0 Å². The second-order valence-electron chi connectivity index (χ2n) is 9.12. The number of aromatic hydroxyl groups is 1. The van der Waals surface area contributed by atoms with E-state index < -0.39 is 0 Å². The van der Waals surface area contributed by atoms with Crippen LogP contribution >= 0.6 is 0 Å². The number of primary amides is 1. The topological polar surface area (TPSA) is 69.8 Å². The molecule has 0 spiro atoms. The van der Waals surface area contributed by atoms with Crippen molar-refractivity contribution < 1.29 is 9.90 Å². The summed E-state index contributed by atoms with van der Waals surface area (Å²) in [6.45, 7) is 9.03. The summed E-state index contributed by atoms with van der Waals surface area (Å²) in [4.78, 5) is 16.4. The first-order chi connectivity index (χ1) is 12.9. The molecule has 0 aromatic heterocycles. The number of amides is 1. The quantitative estimate of drug-likeness (QED) is 0.804. The molecule has 148 valence electrons. The van der Waals surface area contributed by atoms with E-state index in [9.17, 15) is 9.90 Å². The van der Waals surface area contributed by atoms with Crippen LogP contribution < -0.4 is 5.73 Å². The van der Waals surface area contributed by atoms with E-state index in [-0.39, 0.29) is 11.3 Å². The predicted octanol–water partition coefficient (Wildman–Crippen LogP) is 2.11. The minimum absolute atomic E-state index is 0.0299. The Morgan fingerprint density at radius 1 is 1.41 bits per heavy atom. The van der Waals surface area contributed by atoms with E-state index in [0.29, 0.717) is 24.3 Å². The maximum atomic E-state index is 11.5. The number of phenols is 1. The number of rotatable bonds is 6. The van der Waals surface area contributed by atoms with Crippen molar-refractivity contribution in [1.82, 2.24) is 9.80 Å². The molecule has 0 radical (unpaired) electrons. The highest BCUT2D eigenvalue weighted by Crippen LogP contribution is 2.49. The first-order valence-corrected chi connectivity index (χ1v) is 10.5. The molecule has 3 N–H and O–H groups in total. The number of nitrogens with two attached hydrogens (primary N) is 1. The molecule has 0 unspecified atom stereocenters. The lowest BCUT2D eigenvalue weighted by molar-refractivity contribution is -0.120. The number of carbonyl (C=O) groups excluding carboxylic acids is 1. The first-order valence-electron chi connectivity index (χ1n) is 10.5. The number of carbonyl (C=O) groups is 1. The summed E-state index contributed by atoms with van der Waals surface area (Å²) in [5.74, 6) is 1.42. The van der Waals surface area contributed by atoms with Gasteiger partial charge in [0.2, 0.25) is 5.91 Å². The number of benzene rings is 1. The van der Waals surface area contributed by atoms with Crippen molar-refractivity contribution in [3.8, 4) is 5.75 Å². The summed E-state index contributed by atoms with van der Waals surface area (Å²) in [6, 6.07) is 6.42. The van der Waals surface area contributed by atoms with Crippen molar-refractivity contribution in [3.05, 3.63) is 29.3 Å². The normalized spacial score (nSPS) is 30.8.